The lowest BCUT2D eigenvalue weighted by molar-refractivity contribution is -0.0814. The van der Waals surface area contributed by atoms with Gasteiger partial charge in [-0.3, -0.25) is 4.98 Å². The van der Waals surface area contributed by atoms with Crippen LogP contribution in [0.25, 0.3) is 11.3 Å². The van der Waals surface area contributed by atoms with Gasteiger partial charge < -0.3 is 25.1 Å². The minimum Gasteiger partial charge on any atom is -0.469 e. The van der Waals surface area contributed by atoms with Crippen LogP contribution in [0.1, 0.15) is 22.9 Å². The van der Waals surface area contributed by atoms with E-state index in [1.807, 2.05) is 6.92 Å². The first-order chi connectivity index (χ1) is 15.1. The van der Waals surface area contributed by atoms with Gasteiger partial charge in [-0.2, -0.15) is 5.26 Å². The van der Waals surface area contributed by atoms with Crippen LogP contribution in [0.3, 0.4) is 0 Å². The molecule has 1 unspecified atom stereocenters. The molecule has 0 amide bonds. The van der Waals surface area contributed by atoms with E-state index in [1.165, 1.54) is 0 Å². The molecule has 158 valence electrons. The van der Waals surface area contributed by atoms with Crippen molar-refractivity contribution in [1.29, 1.82) is 5.26 Å². The first-order valence-electron chi connectivity index (χ1n) is 9.85. The van der Waals surface area contributed by atoms with E-state index < -0.39 is 6.10 Å². The Hall–Kier alpha value is -3.51. The SMILES string of the molecule is Cc1cc(Oc2cc(C#N)ccc2-c2ccc(C(O)CN)cn2)cc(OC2COC2)n1. The Morgan fingerprint density at radius 3 is 2.74 bits per heavy atom. The van der Waals surface area contributed by atoms with Gasteiger partial charge in [0.2, 0.25) is 5.88 Å². The van der Waals surface area contributed by atoms with Crippen LogP contribution in [0.15, 0.2) is 48.7 Å². The molecule has 1 fully saturated rings. The zero-order chi connectivity index (χ0) is 21.8. The Morgan fingerprint density at radius 1 is 1.26 bits per heavy atom. The Labute approximate surface area is 179 Å². The summed E-state index contributed by atoms with van der Waals surface area (Å²) in [5.41, 5.74) is 8.69. The van der Waals surface area contributed by atoms with Gasteiger partial charge in [0.25, 0.3) is 0 Å². The van der Waals surface area contributed by atoms with E-state index in [4.69, 9.17) is 19.9 Å². The molecule has 0 bridgehead atoms. The fraction of sp³-hybridized carbons (Fsp3) is 0.261. The second-order valence-corrected chi connectivity index (χ2v) is 7.21. The molecule has 1 atom stereocenters. The number of pyridine rings is 2. The molecule has 0 radical (unpaired) electrons. The highest BCUT2D eigenvalue weighted by atomic mass is 16.6. The number of hydrogen-bond acceptors (Lipinski definition) is 8. The monoisotopic (exact) mass is 418 g/mol. The molecular formula is C23H22N4O4. The van der Waals surface area contributed by atoms with Crippen molar-refractivity contribution in [2.24, 2.45) is 5.73 Å². The predicted octanol–water partition coefficient (Wildman–Crippen LogP) is 2.89. The van der Waals surface area contributed by atoms with E-state index in [1.54, 1.807) is 48.7 Å². The quantitative estimate of drug-likeness (QED) is 0.600. The van der Waals surface area contributed by atoms with Crippen molar-refractivity contribution < 1.29 is 19.3 Å². The molecule has 3 N–H and O–H groups in total. The molecule has 8 heteroatoms. The fourth-order valence-corrected chi connectivity index (χ4v) is 3.09. The minimum absolute atomic E-state index is 0.00814. The fourth-order valence-electron chi connectivity index (χ4n) is 3.09. The normalized spacial score (nSPS) is 14.4. The first-order valence-corrected chi connectivity index (χ1v) is 9.85. The number of rotatable bonds is 7. The summed E-state index contributed by atoms with van der Waals surface area (Å²) >= 11 is 0. The van der Waals surface area contributed by atoms with Gasteiger partial charge in [0, 0.05) is 41.7 Å². The van der Waals surface area contributed by atoms with Gasteiger partial charge in [-0.25, -0.2) is 4.98 Å². The maximum absolute atomic E-state index is 9.89. The maximum atomic E-state index is 9.89. The molecule has 31 heavy (non-hydrogen) atoms. The van der Waals surface area contributed by atoms with Crippen molar-refractivity contribution in [2.45, 2.75) is 19.1 Å². The number of nitrogens with two attached hydrogens (primary N) is 1. The van der Waals surface area contributed by atoms with Gasteiger partial charge in [-0.15, -0.1) is 0 Å². The summed E-state index contributed by atoms with van der Waals surface area (Å²) in [6.45, 7) is 3.05. The lowest BCUT2D eigenvalue weighted by Gasteiger charge is -2.26. The average Bonchev–Trinajstić information content (AvgIpc) is 2.75. The van der Waals surface area contributed by atoms with Crippen LogP contribution in [-0.2, 0) is 4.74 Å². The summed E-state index contributed by atoms with van der Waals surface area (Å²) in [6, 6.07) is 14.3. The highest BCUT2D eigenvalue weighted by Crippen LogP contribution is 2.35. The molecule has 1 aliphatic rings. The smallest absolute Gasteiger partial charge is 0.217 e. The molecule has 0 spiro atoms. The van der Waals surface area contributed by atoms with Crippen molar-refractivity contribution in [1.82, 2.24) is 9.97 Å². The summed E-state index contributed by atoms with van der Waals surface area (Å²) < 4.78 is 17.1. The molecule has 3 heterocycles. The number of aliphatic hydroxyl groups excluding tert-OH is 1. The van der Waals surface area contributed by atoms with Crippen LogP contribution in [0.4, 0.5) is 0 Å². The van der Waals surface area contributed by atoms with Gasteiger partial charge in [0.15, 0.2) is 0 Å². The molecule has 8 nitrogen and oxygen atoms in total. The van der Waals surface area contributed by atoms with E-state index in [0.717, 1.165) is 5.69 Å². The molecule has 1 aromatic carbocycles. The molecule has 3 aromatic rings. The van der Waals surface area contributed by atoms with Crippen LogP contribution in [0.2, 0.25) is 0 Å². The highest BCUT2D eigenvalue weighted by molar-refractivity contribution is 5.69. The zero-order valence-corrected chi connectivity index (χ0v) is 17.0. The Morgan fingerprint density at radius 2 is 2.10 bits per heavy atom. The number of aliphatic hydroxyl groups is 1. The van der Waals surface area contributed by atoms with Gasteiger partial charge >= 0.3 is 0 Å². The van der Waals surface area contributed by atoms with Gasteiger partial charge in [0.05, 0.1) is 36.6 Å². The highest BCUT2D eigenvalue weighted by Gasteiger charge is 2.21. The number of aromatic nitrogens is 2. The molecule has 0 saturated carbocycles. The predicted molar refractivity (Wildman–Crippen MR) is 113 cm³/mol. The molecular weight excluding hydrogens is 396 g/mol. The second kappa shape index (κ2) is 9.10. The van der Waals surface area contributed by atoms with Crippen molar-refractivity contribution >= 4 is 0 Å². The minimum atomic E-state index is -0.766. The molecule has 4 rings (SSSR count). The zero-order valence-electron chi connectivity index (χ0n) is 17.0. The third-order valence-corrected chi connectivity index (χ3v) is 4.81. The summed E-state index contributed by atoms with van der Waals surface area (Å²) in [7, 11) is 0. The summed E-state index contributed by atoms with van der Waals surface area (Å²) in [4.78, 5) is 8.83. The number of benzene rings is 1. The number of nitriles is 1. The van der Waals surface area contributed by atoms with Gasteiger partial charge in [-0.05, 0) is 31.2 Å². The van der Waals surface area contributed by atoms with E-state index in [0.29, 0.717) is 53.0 Å². The van der Waals surface area contributed by atoms with Gasteiger partial charge in [-0.1, -0.05) is 6.07 Å². The Balaban J connectivity index is 1.65. The Bertz CT molecular complexity index is 1110. The third-order valence-electron chi connectivity index (χ3n) is 4.81. The molecule has 1 saturated heterocycles. The molecule has 2 aromatic heterocycles. The van der Waals surface area contributed by atoms with Crippen molar-refractivity contribution in [3.8, 4) is 34.7 Å². The van der Waals surface area contributed by atoms with Crippen molar-refractivity contribution in [2.75, 3.05) is 19.8 Å². The van der Waals surface area contributed by atoms with Crippen LogP contribution >= 0.6 is 0 Å². The van der Waals surface area contributed by atoms with Crippen molar-refractivity contribution in [3.05, 3.63) is 65.5 Å². The van der Waals surface area contributed by atoms with Crippen LogP contribution in [-0.4, -0.2) is 40.9 Å². The maximum Gasteiger partial charge on any atom is 0.217 e. The van der Waals surface area contributed by atoms with Crippen LogP contribution < -0.4 is 15.2 Å². The molecule has 1 aliphatic heterocycles. The summed E-state index contributed by atoms with van der Waals surface area (Å²) in [5, 5.41) is 19.2. The lowest BCUT2D eigenvalue weighted by Crippen LogP contribution is -2.38. The van der Waals surface area contributed by atoms with Crippen molar-refractivity contribution in [3.63, 3.8) is 0 Å². The number of aryl methyl sites for hydroxylation is 1. The second-order valence-electron chi connectivity index (χ2n) is 7.21. The topological polar surface area (TPSA) is 124 Å². The number of nitrogens with zero attached hydrogens (tertiary/aromatic N) is 3. The molecule has 0 aliphatic carbocycles. The number of hydrogen-bond donors (Lipinski definition) is 2. The van der Waals surface area contributed by atoms with Gasteiger partial charge in [0.1, 0.15) is 17.6 Å². The summed E-state index contributed by atoms with van der Waals surface area (Å²) in [6.07, 6.45) is 0.807. The standard InChI is InChI=1S/C23H22N4O4/c1-14-6-17(8-23(27-14)31-18-12-29-13-18)30-22-7-15(9-24)2-4-19(22)20-5-3-16(11-26-20)21(28)10-25/h2-8,11,18,21,28H,10,12-13,25H2,1H3. The average molecular weight is 418 g/mol. The van der Waals surface area contributed by atoms with Crippen LogP contribution in [0, 0.1) is 18.3 Å². The summed E-state index contributed by atoms with van der Waals surface area (Å²) in [5.74, 6) is 1.47. The van der Waals surface area contributed by atoms with E-state index in [2.05, 4.69) is 16.0 Å². The first kappa shape index (κ1) is 20.8. The van der Waals surface area contributed by atoms with Crippen LogP contribution in [0.5, 0.6) is 17.4 Å². The van der Waals surface area contributed by atoms with E-state index >= 15 is 0 Å². The van der Waals surface area contributed by atoms with E-state index in [9.17, 15) is 10.4 Å². The third kappa shape index (κ3) is 4.81. The van der Waals surface area contributed by atoms with E-state index in [-0.39, 0.29) is 12.6 Å². The largest absolute Gasteiger partial charge is 0.469 e. The number of ether oxygens (including phenoxy) is 3. The lowest BCUT2D eigenvalue weighted by atomic mass is 10.1. The Kier molecular flexibility index (Phi) is 6.09.